The fraction of sp³-hybridized carbons (Fsp3) is 0.280. The van der Waals surface area contributed by atoms with Gasteiger partial charge in [-0.05, 0) is 49.1 Å². The van der Waals surface area contributed by atoms with E-state index >= 15 is 0 Å². The monoisotopic (exact) mass is 463 g/mol. The third kappa shape index (κ3) is 3.57. The van der Waals surface area contributed by atoms with Crippen molar-refractivity contribution in [3.05, 3.63) is 64.5 Å². The van der Waals surface area contributed by atoms with Crippen molar-refractivity contribution in [1.29, 1.82) is 0 Å². The summed E-state index contributed by atoms with van der Waals surface area (Å²) in [6, 6.07) is 13.1. The Labute approximate surface area is 194 Å². The number of aromatic nitrogens is 2. The van der Waals surface area contributed by atoms with Crippen LogP contribution in [-0.4, -0.2) is 45.3 Å². The van der Waals surface area contributed by atoms with Gasteiger partial charge in [-0.1, -0.05) is 28.9 Å². The number of anilines is 1. The molecule has 1 saturated heterocycles. The van der Waals surface area contributed by atoms with Gasteiger partial charge in [-0.25, -0.2) is 0 Å². The van der Waals surface area contributed by atoms with Gasteiger partial charge in [0.25, 0.3) is 0 Å². The van der Waals surface area contributed by atoms with Crippen molar-refractivity contribution in [3.8, 4) is 17.0 Å². The first-order valence-corrected chi connectivity index (χ1v) is 11.4. The number of fused-ring (bicyclic) bond motifs is 1. The number of carbonyl (C=O) groups excluding carboxylic acids is 1. The first-order valence-electron chi connectivity index (χ1n) is 11.1. The summed E-state index contributed by atoms with van der Waals surface area (Å²) in [5, 5.41) is 25.4. The molecule has 2 aliphatic rings. The second-order valence-corrected chi connectivity index (χ2v) is 9.29. The van der Waals surface area contributed by atoms with Crippen molar-refractivity contribution in [1.82, 2.24) is 10.1 Å². The smallest absolute Gasteiger partial charge is 0.237 e. The van der Waals surface area contributed by atoms with Crippen molar-refractivity contribution in [2.45, 2.75) is 31.3 Å². The molecule has 6 rings (SSSR count). The summed E-state index contributed by atoms with van der Waals surface area (Å²) in [6.07, 6.45) is 2.59. The highest BCUT2D eigenvalue weighted by Gasteiger charge is 2.30. The number of hydrogen-bond donors (Lipinski definition) is 3. The van der Waals surface area contributed by atoms with Gasteiger partial charge in [-0.3, -0.25) is 4.79 Å². The molecule has 0 radical (unpaired) electrons. The number of benzene rings is 2. The van der Waals surface area contributed by atoms with E-state index in [1.807, 2.05) is 30.3 Å². The molecule has 168 valence electrons. The molecular formula is C25H22ClN3O4. The van der Waals surface area contributed by atoms with Gasteiger partial charge in [0, 0.05) is 41.7 Å². The van der Waals surface area contributed by atoms with Gasteiger partial charge in [-0.15, -0.1) is 0 Å². The highest BCUT2D eigenvalue weighted by molar-refractivity contribution is 6.34. The number of nitrogens with one attached hydrogen (secondary N) is 1. The van der Waals surface area contributed by atoms with Gasteiger partial charge >= 0.3 is 0 Å². The molecule has 2 fully saturated rings. The summed E-state index contributed by atoms with van der Waals surface area (Å²) in [7, 11) is 0. The van der Waals surface area contributed by atoms with E-state index in [4.69, 9.17) is 16.1 Å². The van der Waals surface area contributed by atoms with Gasteiger partial charge in [0.05, 0.1) is 27.9 Å². The number of H-pyrrole nitrogens is 1. The number of aliphatic hydroxyl groups is 1. The maximum absolute atomic E-state index is 13.2. The van der Waals surface area contributed by atoms with E-state index in [9.17, 15) is 15.0 Å². The zero-order valence-corrected chi connectivity index (χ0v) is 18.5. The zero-order valence-electron chi connectivity index (χ0n) is 17.7. The molecule has 33 heavy (non-hydrogen) atoms. The van der Waals surface area contributed by atoms with Crippen LogP contribution in [0.25, 0.3) is 22.0 Å². The standard InChI is InChI=1S/C25H22ClN3O4/c26-19-10-21-18(9-17(19)13-3-5-15(6-4-13)29-8-7-16(30)12-29)23(25(32)27-21)24(31)22-11-20(28-33-22)14-1-2-14/h3-6,9-11,14,16,27,30,32H,1-2,7-8,12H2/t16-/m0/s1. The fourth-order valence-electron chi connectivity index (χ4n) is 4.57. The molecule has 0 spiro atoms. The van der Waals surface area contributed by atoms with Crippen LogP contribution in [0.1, 0.15) is 47.0 Å². The topological polar surface area (TPSA) is 103 Å². The molecule has 8 heteroatoms. The van der Waals surface area contributed by atoms with Crippen molar-refractivity contribution in [2.24, 2.45) is 0 Å². The highest BCUT2D eigenvalue weighted by Crippen LogP contribution is 2.41. The Morgan fingerprint density at radius 3 is 2.64 bits per heavy atom. The quantitative estimate of drug-likeness (QED) is 0.365. The molecule has 4 aromatic rings. The molecule has 1 saturated carbocycles. The average Bonchev–Trinajstić information content (AvgIpc) is 3.22. The summed E-state index contributed by atoms with van der Waals surface area (Å²) in [4.78, 5) is 18.2. The number of hydrogen-bond acceptors (Lipinski definition) is 6. The number of ketones is 1. The lowest BCUT2D eigenvalue weighted by molar-refractivity contribution is 0.0999. The molecule has 1 atom stereocenters. The number of halogens is 1. The number of aliphatic hydroxyl groups excluding tert-OH is 1. The Morgan fingerprint density at radius 1 is 1.15 bits per heavy atom. The predicted molar refractivity (Wildman–Crippen MR) is 125 cm³/mol. The third-order valence-electron chi connectivity index (χ3n) is 6.55. The van der Waals surface area contributed by atoms with Crippen LogP contribution >= 0.6 is 11.6 Å². The van der Waals surface area contributed by atoms with Crippen LogP contribution in [-0.2, 0) is 0 Å². The van der Waals surface area contributed by atoms with E-state index in [0.29, 0.717) is 28.4 Å². The van der Waals surface area contributed by atoms with Crippen LogP contribution < -0.4 is 4.90 Å². The lowest BCUT2D eigenvalue weighted by Crippen LogP contribution is -2.20. The number of carbonyl (C=O) groups is 1. The molecular weight excluding hydrogens is 442 g/mol. The van der Waals surface area contributed by atoms with E-state index in [1.54, 1.807) is 12.1 Å². The molecule has 0 bridgehead atoms. The Hall–Kier alpha value is -3.29. The third-order valence-corrected chi connectivity index (χ3v) is 6.86. The van der Waals surface area contributed by atoms with Crippen molar-refractivity contribution < 1.29 is 19.5 Å². The Bertz CT molecular complexity index is 1370. The Kier molecular flexibility index (Phi) is 4.71. The molecule has 0 amide bonds. The molecule has 1 aliphatic heterocycles. The minimum Gasteiger partial charge on any atom is -0.494 e. The fourth-order valence-corrected chi connectivity index (χ4v) is 4.84. The summed E-state index contributed by atoms with van der Waals surface area (Å²) in [5.41, 5.74) is 4.17. The summed E-state index contributed by atoms with van der Waals surface area (Å²) >= 11 is 6.57. The molecule has 3 heterocycles. The molecule has 2 aromatic heterocycles. The maximum atomic E-state index is 13.2. The van der Waals surface area contributed by atoms with Gasteiger partial charge in [0.15, 0.2) is 0 Å². The Balaban J connectivity index is 1.37. The van der Waals surface area contributed by atoms with E-state index in [1.165, 1.54) is 0 Å². The summed E-state index contributed by atoms with van der Waals surface area (Å²) < 4.78 is 5.29. The largest absolute Gasteiger partial charge is 0.494 e. The van der Waals surface area contributed by atoms with E-state index in [0.717, 1.165) is 48.3 Å². The first kappa shape index (κ1) is 20.3. The van der Waals surface area contributed by atoms with E-state index in [2.05, 4.69) is 15.0 Å². The van der Waals surface area contributed by atoms with Crippen molar-refractivity contribution in [3.63, 3.8) is 0 Å². The number of nitrogens with zero attached hydrogens (tertiary/aromatic N) is 2. The predicted octanol–water partition coefficient (Wildman–Crippen LogP) is 4.86. The number of rotatable bonds is 5. The van der Waals surface area contributed by atoms with Crippen molar-refractivity contribution in [2.75, 3.05) is 18.0 Å². The molecule has 7 nitrogen and oxygen atoms in total. The maximum Gasteiger partial charge on any atom is 0.237 e. The van der Waals surface area contributed by atoms with Crippen LogP contribution in [0.15, 0.2) is 47.0 Å². The van der Waals surface area contributed by atoms with E-state index < -0.39 is 5.78 Å². The van der Waals surface area contributed by atoms with E-state index in [-0.39, 0.29) is 23.3 Å². The molecule has 1 aliphatic carbocycles. The first-order chi connectivity index (χ1) is 16.0. The van der Waals surface area contributed by atoms with Gasteiger partial charge in [0.2, 0.25) is 17.4 Å². The van der Waals surface area contributed by atoms with Gasteiger partial charge < -0.3 is 24.6 Å². The summed E-state index contributed by atoms with van der Waals surface area (Å²) in [6.45, 7) is 1.45. The van der Waals surface area contributed by atoms with Gasteiger partial charge in [0.1, 0.15) is 0 Å². The normalized spacial score (nSPS) is 18.4. The number of aromatic amines is 1. The number of aromatic hydroxyl groups is 1. The minimum absolute atomic E-state index is 0.113. The SMILES string of the molecule is O=C(c1cc(C2CC2)no1)c1c(O)[nH]c2cc(Cl)c(-c3ccc(N4CC[C@H](O)C4)cc3)cc12. The zero-order chi connectivity index (χ0) is 22.7. The van der Waals surface area contributed by atoms with Crippen LogP contribution in [0.3, 0.4) is 0 Å². The second kappa shape index (κ2) is 7.64. The van der Waals surface area contributed by atoms with Crippen molar-refractivity contribution >= 4 is 34.0 Å². The lowest BCUT2D eigenvalue weighted by atomic mass is 10.00. The van der Waals surface area contributed by atoms with Crippen LogP contribution in [0.4, 0.5) is 5.69 Å². The minimum atomic E-state index is -0.422. The summed E-state index contributed by atoms with van der Waals surface area (Å²) in [5.74, 6) is -0.171. The lowest BCUT2D eigenvalue weighted by Gasteiger charge is -2.18. The average molecular weight is 464 g/mol. The highest BCUT2D eigenvalue weighted by atomic mass is 35.5. The Morgan fingerprint density at radius 2 is 1.94 bits per heavy atom. The van der Waals surface area contributed by atoms with Crippen LogP contribution in [0, 0.1) is 0 Å². The molecule has 2 aromatic carbocycles. The second-order valence-electron chi connectivity index (χ2n) is 8.88. The van der Waals surface area contributed by atoms with Crippen LogP contribution in [0.2, 0.25) is 5.02 Å². The molecule has 0 unspecified atom stereocenters. The van der Waals surface area contributed by atoms with Crippen LogP contribution in [0.5, 0.6) is 5.88 Å². The number of β-amino-alcohol motifs (C(OH)–C–C–N with tert-alkyl or cyclic N) is 1. The molecule has 3 N–H and O–H groups in total. The van der Waals surface area contributed by atoms with Gasteiger partial charge in [-0.2, -0.15) is 0 Å².